The van der Waals surface area contributed by atoms with Crippen LogP contribution in [0.1, 0.15) is 12.8 Å². The molecule has 0 aliphatic carbocycles. The van der Waals surface area contributed by atoms with Crippen molar-refractivity contribution in [2.24, 2.45) is 5.84 Å². The lowest BCUT2D eigenvalue weighted by molar-refractivity contribution is -0.128. The summed E-state index contributed by atoms with van der Waals surface area (Å²) in [4.78, 5) is 13.2. The summed E-state index contributed by atoms with van der Waals surface area (Å²) in [6, 6.07) is 0. The monoisotopic (exact) mass is 202 g/mol. The Balaban J connectivity index is 2.20. The number of hydrazine groups is 1. The first kappa shape index (κ1) is 10.2. The third-order valence-electron chi connectivity index (χ3n) is 1.99. The van der Waals surface area contributed by atoms with Crippen LogP contribution in [0.3, 0.4) is 0 Å². The van der Waals surface area contributed by atoms with Crippen molar-refractivity contribution < 1.29 is 4.79 Å². The van der Waals surface area contributed by atoms with E-state index in [0.717, 1.165) is 25.9 Å². The molecule has 0 aromatic heterocycles. The molecule has 1 amide bonds. The van der Waals surface area contributed by atoms with Gasteiger partial charge in [-0.3, -0.25) is 4.79 Å². The molecule has 13 heavy (non-hydrogen) atoms. The van der Waals surface area contributed by atoms with E-state index in [1.807, 2.05) is 4.90 Å². The van der Waals surface area contributed by atoms with Crippen molar-refractivity contribution in [3.8, 4) is 0 Å². The maximum atomic E-state index is 11.4. The molecule has 0 radical (unpaired) electrons. The summed E-state index contributed by atoms with van der Waals surface area (Å²) in [7, 11) is 0. The molecule has 0 aromatic rings. The number of likely N-dealkylation sites (tertiary alicyclic amines) is 1. The van der Waals surface area contributed by atoms with Crippen LogP contribution in [0.15, 0.2) is 0 Å². The number of nitrogens with zero attached hydrogens (tertiary/aromatic N) is 1. The Hall–Kier alpha value is -0.880. The number of amides is 1. The van der Waals surface area contributed by atoms with Crippen molar-refractivity contribution >= 4 is 23.2 Å². The average Bonchev–Trinajstić information content (AvgIpc) is 2.66. The predicted octanol–water partition coefficient (Wildman–Crippen LogP) is -1.05. The summed E-state index contributed by atoms with van der Waals surface area (Å²) in [5.41, 5.74) is 2.26. The van der Waals surface area contributed by atoms with Crippen molar-refractivity contribution in [1.29, 1.82) is 0 Å². The van der Waals surface area contributed by atoms with Crippen LogP contribution in [0.5, 0.6) is 0 Å². The number of thiocarbonyl (C=S) groups is 1. The molecular formula is C7H14N4OS. The molecule has 0 unspecified atom stereocenters. The van der Waals surface area contributed by atoms with Gasteiger partial charge in [-0.15, -0.1) is 0 Å². The Morgan fingerprint density at radius 1 is 1.46 bits per heavy atom. The third-order valence-corrected chi connectivity index (χ3v) is 2.25. The van der Waals surface area contributed by atoms with Gasteiger partial charge < -0.3 is 15.6 Å². The van der Waals surface area contributed by atoms with E-state index >= 15 is 0 Å². The van der Waals surface area contributed by atoms with Crippen LogP contribution >= 0.6 is 12.2 Å². The highest BCUT2D eigenvalue weighted by Crippen LogP contribution is 2.06. The number of carbonyl (C=O) groups is 1. The maximum absolute atomic E-state index is 11.4. The highest BCUT2D eigenvalue weighted by atomic mass is 32.1. The van der Waals surface area contributed by atoms with Gasteiger partial charge in [-0.05, 0) is 25.1 Å². The Morgan fingerprint density at radius 3 is 2.62 bits per heavy atom. The van der Waals surface area contributed by atoms with Gasteiger partial charge in [-0.1, -0.05) is 0 Å². The summed E-state index contributed by atoms with van der Waals surface area (Å²) < 4.78 is 0. The highest BCUT2D eigenvalue weighted by Gasteiger charge is 2.17. The van der Waals surface area contributed by atoms with E-state index < -0.39 is 0 Å². The third kappa shape index (κ3) is 3.16. The Morgan fingerprint density at radius 2 is 2.08 bits per heavy atom. The molecule has 0 atom stereocenters. The van der Waals surface area contributed by atoms with E-state index in [0.29, 0.717) is 5.11 Å². The van der Waals surface area contributed by atoms with Crippen molar-refractivity contribution in [3.05, 3.63) is 0 Å². The maximum Gasteiger partial charge on any atom is 0.241 e. The zero-order valence-electron chi connectivity index (χ0n) is 7.38. The Kier molecular flexibility index (Phi) is 3.91. The molecule has 1 saturated heterocycles. The van der Waals surface area contributed by atoms with Gasteiger partial charge in [0.15, 0.2) is 5.11 Å². The molecule has 0 bridgehead atoms. The normalized spacial score (nSPS) is 15.6. The summed E-state index contributed by atoms with van der Waals surface area (Å²) >= 11 is 4.73. The standard InChI is InChI=1S/C7H14N4OS/c8-10-7(13)9-5-6(12)11-3-1-2-4-11/h1-5,8H2,(H2,9,10,13). The van der Waals surface area contributed by atoms with E-state index in [-0.39, 0.29) is 12.5 Å². The van der Waals surface area contributed by atoms with Crippen LogP contribution in [0.4, 0.5) is 0 Å². The average molecular weight is 202 g/mol. The molecule has 0 aromatic carbocycles. The Bertz CT molecular complexity index is 203. The second-order valence-electron chi connectivity index (χ2n) is 2.91. The number of hydrogen-bond donors (Lipinski definition) is 3. The predicted molar refractivity (Wildman–Crippen MR) is 53.7 cm³/mol. The number of hydrogen-bond acceptors (Lipinski definition) is 3. The lowest BCUT2D eigenvalue weighted by Gasteiger charge is -2.15. The second kappa shape index (κ2) is 4.98. The molecular weight excluding hydrogens is 188 g/mol. The fraction of sp³-hybridized carbons (Fsp3) is 0.714. The minimum atomic E-state index is 0.0788. The SMILES string of the molecule is NNC(=S)NCC(=O)N1CCCC1. The molecule has 1 fully saturated rings. The van der Waals surface area contributed by atoms with Crippen LogP contribution in [0.2, 0.25) is 0 Å². The highest BCUT2D eigenvalue weighted by molar-refractivity contribution is 7.80. The smallest absolute Gasteiger partial charge is 0.241 e. The van der Waals surface area contributed by atoms with Gasteiger partial charge in [-0.2, -0.15) is 0 Å². The van der Waals surface area contributed by atoms with Gasteiger partial charge >= 0.3 is 0 Å². The molecule has 1 aliphatic heterocycles. The van der Waals surface area contributed by atoms with Crippen LogP contribution in [0, 0.1) is 0 Å². The summed E-state index contributed by atoms with van der Waals surface area (Å²) in [5, 5.41) is 3.01. The lowest BCUT2D eigenvalue weighted by atomic mass is 10.4. The minimum Gasteiger partial charge on any atom is -0.353 e. The zero-order valence-corrected chi connectivity index (χ0v) is 8.19. The topological polar surface area (TPSA) is 70.4 Å². The van der Waals surface area contributed by atoms with Crippen molar-refractivity contribution in [2.45, 2.75) is 12.8 Å². The van der Waals surface area contributed by atoms with Crippen LogP contribution in [-0.4, -0.2) is 35.6 Å². The van der Waals surface area contributed by atoms with Crippen LogP contribution in [0.25, 0.3) is 0 Å². The molecule has 6 heteroatoms. The molecule has 1 aliphatic rings. The van der Waals surface area contributed by atoms with Crippen LogP contribution in [-0.2, 0) is 4.79 Å². The first-order chi connectivity index (χ1) is 6.24. The zero-order chi connectivity index (χ0) is 9.68. The fourth-order valence-electron chi connectivity index (χ4n) is 1.29. The molecule has 0 spiro atoms. The quantitative estimate of drug-likeness (QED) is 0.303. The summed E-state index contributed by atoms with van der Waals surface area (Å²) in [6.07, 6.45) is 2.21. The Labute approximate surface area is 82.6 Å². The van der Waals surface area contributed by atoms with Gasteiger partial charge in [0.1, 0.15) is 0 Å². The van der Waals surface area contributed by atoms with Gasteiger partial charge in [-0.25, -0.2) is 5.84 Å². The van der Waals surface area contributed by atoms with Gasteiger partial charge in [0.25, 0.3) is 0 Å². The van der Waals surface area contributed by atoms with Gasteiger partial charge in [0.2, 0.25) is 5.91 Å². The lowest BCUT2D eigenvalue weighted by Crippen LogP contribution is -2.45. The largest absolute Gasteiger partial charge is 0.353 e. The molecule has 74 valence electrons. The van der Waals surface area contributed by atoms with Crippen LogP contribution < -0.4 is 16.6 Å². The van der Waals surface area contributed by atoms with Gasteiger partial charge in [0.05, 0.1) is 6.54 Å². The van der Waals surface area contributed by atoms with E-state index in [4.69, 9.17) is 18.1 Å². The van der Waals surface area contributed by atoms with E-state index in [1.165, 1.54) is 0 Å². The van der Waals surface area contributed by atoms with Crippen molar-refractivity contribution in [3.63, 3.8) is 0 Å². The first-order valence-corrected chi connectivity index (χ1v) is 4.67. The van der Waals surface area contributed by atoms with E-state index in [9.17, 15) is 4.79 Å². The summed E-state index contributed by atoms with van der Waals surface area (Å²) in [6.45, 7) is 1.95. The molecule has 1 rings (SSSR count). The minimum absolute atomic E-state index is 0.0788. The number of carbonyl (C=O) groups excluding carboxylic acids is 1. The second-order valence-corrected chi connectivity index (χ2v) is 3.32. The summed E-state index contributed by atoms with van der Waals surface area (Å²) in [5.74, 6) is 5.11. The molecule has 0 saturated carbocycles. The van der Waals surface area contributed by atoms with Gasteiger partial charge in [0, 0.05) is 13.1 Å². The van der Waals surface area contributed by atoms with E-state index in [2.05, 4.69) is 10.7 Å². The van der Waals surface area contributed by atoms with Crippen molar-refractivity contribution in [2.75, 3.05) is 19.6 Å². The number of nitrogens with one attached hydrogen (secondary N) is 2. The fourth-order valence-corrected chi connectivity index (χ4v) is 1.36. The van der Waals surface area contributed by atoms with E-state index in [1.54, 1.807) is 0 Å². The molecule has 1 heterocycles. The van der Waals surface area contributed by atoms with Crippen molar-refractivity contribution in [1.82, 2.24) is 15.6 Å². The molecule has 5 nitrogen and oxygen atoms in total. The number of rotatable bonds is 2. The molecule has 4 N–H and O–H groups in total. The number of nitrogens with two attached hydrogens (primary N) is 1. The first-order valence-electron chi connectivity index (χ1n) is 4.26.